The number of aromatic nitrogens is 2. The van der Waals surface area contributed by atoms with Crippen LogP contribution in [0.4, 0.5) is 10.3 Å². The minimum atomic E-state index is -0.0724. The molecule has 0 aliphatic carbocycles. The van der Waals surface area contributed by atoms with Crippen LogP contribution in [-0.2, 0) is 4.79 Å². The maximum Gasteiger partial charge on any atom is 0.231 e. The van der Waals surface area contributed by atoms with E-state index < -0.39 is 0 Å². The molecule has 1 atom stereocenters. The van der Waals surface area contributed by atoms with Gasteiger partial charge in [0.15, 0.2) is 10.3 Å². The smallest absolute Gasteiger partial charge is 0.231 e. The number of fused-ring (bicyclic) bond motifs is 2. The van der Waals surface area contributed by atoms with Gasteiger partial charge in [-0.05, 0) is 50.1 Å². The van der Waals surface area contributed by atoms with Crippen LogP contribution in [0.5, 0.6) is 5.75 Å². The van der Waals surface area contributed by atoms with Crippen LogP contribution in [0.25, 0.3) is 20.4 Å². The summed E-state index contributed by atoms with van der Waals surface area (Å²) in [7, 11) is 0. The van der Waals surface area contributed by atoms with Crippen LogP contribution in [0.2, 0.25) is 0 Å². The molecule has 1 N–H and O–H groups in total. The highest BCUT2D eigenvalue weighted by Gasteiger charge is 2.28. The predicted octanol–water partition coefficient (Wildman–Crippen LogP) is 5.16. The number of benzene rings is 2. The summed E-state index contributed by atoms with van der Waals surface area (Å²) in [6.45, 7) is 4.21. The zero-order chi connectivity index (χ0) is 20.5. The molecule has 154 valence electrons. The number of carbonyl (C=O) groups is 1. The van der Waals surface area contributed by atoms with Gasteiger partial charge < -0.3 is 15.0 Å². The zero-order valence-electron chi connectivity index (χ0n) is 16.6. The van der Waals surface area contributed by atoms with E-state index in [1.165, 1.54) is 16.0 Å². The van der Waals surface area contributed by atoms with Gasteiger partial charge in [-0.25, -0.2) is 9.97 Å². The first-order chi connectivity index (χ1) is 14.7. The lowest BCUT2D eigenvalue weighted by Crippen LogP contribution is -2.40. The fraction of sp³-hybridized carbons (Fsp3) is 0.318. The van der Waals surface area contributed by atoms with Crippen LogP contribution >= 0.6 is 22.7 Å². The van der Waals surface area contributed by atoms with Crippen LogP contribution in [0.15, 0.2) is 42.5 Å². The third-order valence-electron chi connectivity index (χ3n) is 5.25. The second-order valence-electron chi connectivity index (χ2n) is 7.32. The van der Waals surface area contributed by atoms with Crippen LogP contribution in [-0.4, -0.2) is 35.6 Å². The van der Waals surface area contributed by atoms with Crippen molar-refractivity contribution < 1.29 is 9.53 Å². The van der Waals surface area contributed by atoms with E-state index in [4.69, 9.17) is 9.72 Å². The number of ether oxygens (including phenoxy) is 1. The monoisotopic (exact) mass is 438 g/mol. The number of rotatable bonds is 5. The van der Waals surface area contributed by atoms with Crippen molar-refractivity contribution in [2.45, 2.75) is 19.8 Å². The molecule has 2 aromatic carbocycles. The number of amides is 1. The largest absolute Gasteiger partial charge is 0.494 e. The summed E-state index contributed by atoms with van der Waals surface area (Å²) in [5.41, 5.74) is 1.89. The Morgan fingerprint density at radius 2 is 2.03 bits per heavy atom. The molecular weight excluding hydrogens is 416 g/mol. The van der Waals surface area contributed by atoms with E-state index in [1.807, 2.05) is 43.3 Å². The van der Waals surface area contributed by atoms with E-state index in [9.17, 15) is 4.79 Å². The van der Waals surface area contributed by atoms with Crippen molar-refractivity contribution >= 4 is 59.3 Å². The molecule has 1 saturated heterocycles. The molecule has 0 saturated carbocycles. The number of nitrogens with zero attached hydrogens (tertiary/aromatic N) is 3. The molecule has 30 heavy (non-hydrogen) atoms. The minimum absolute atomic E-state index is 0.0323. The molecule has 4 aromatic rings. The van der Waals surface area contributed by atoms with E-state index in [0.717, 1.165) is 46.0 Å². The number of hydrogen-bond donors (Lipinski definition) is 1. The van der Waals surface area contributed by atoms with E-state index >= 15 is 0 Å². The van der Waals surface area contributed by atoms with Gasteiger partial charge in [-0.1, -0.05) is 34.8 Å². The molecule has 1 aliphatic rings. The summed E-state index contributed by atoms with van der Waals surface area (Å²) in [5, 5.41) is 4.67. The molecule has 0 spiro atoms. The Balaban J connectivity index is 1.29. The van der Waals surface area contributed by atoms with Gasteiger partial charge in [-0.2, -0.15) is 0 Å². The lowest BCUT2D eigenvalue weighted by molar-refractivity contribution is -0.120. The van der Waals surface area contributed by atoms with Crippen molar-refractivity contribution in [1.82, 2.24) is 9.97 Å². The average Bonchev–Trinajstić information content (AvgIpc) is 3.37. The fourth-order valence-electron chi connectivity index (χ4n) is 3.78. The van der Waals surface area contributed by atoms with E-state index in [1.54, 1.807) is 11.3 Å². The van der Waals surface area contributed by atoms with Gasteiger partial charge in [0, 0.05) is 13.1 Å². The minimum Gasteiger partial charge on any atom is -0.494 e. The van der Waals surface area contributed by atoms with Gasteiger partial charge in [-0.3, -0.25) is 4.79 Å². The summed E-state index contributed by atoms with van der Waals surface area (Å²) in [4.78, 5) is 24.5. The number of thiazole rings is 2. The Morgan fingerprint density at radius 3 is 2.90 bits per heavy atom. The highest BCUT2D eigenvalue weighted by Crippen LogP contribution is 2.33. The van der Waals surface area contributed by atoms with Gasteiger partial charge in [0.25, 0.3) is 0 Å². The summed E-state index contributed by atoms with van der Waals surface area (Å²) >= 11 is 3.17. The van der Waals surface area contributed by atoms with Gasteiger partial charge in [0.05, 0.1) is 33.0 Å². The SMILES string of the molecule is CCOc1ccc2nc(NC(=O)C3CCCN(c4nc5ccccc5s4)C3)sc2c1. The lowest BCUT2D eigenvalue weighted by atomic mass is 9.97. The van der Waals surface area contributed by atoms with Crippen molar-refractivity contribution in [2.24, 2.45) is 5.92 Å². The molecule has 6 nitrogen and oxygen atoms in total. The molecule has 0 bridgehead atoms. The summed E-state index contributed by atoms with van der Waals surface area (Å²) in [5.74, 6) is 0.784. The van der Waals surface area contributed by atoms with E-state index in [2.05, 4.69) is 21.3 Å². The number of para-hydroxylation sites is 1. The Labute approximate surface area is 182 Å². The second kappa shape index (κ2) is 8.20. The maximum atomic E-state index is 12.9. The molecule has 1 amide bonds. The molecule has 1 aliphatic heterocycles. The topological polar surface area (TPSA) is 67.3 Å². The summed E-state index contributed by atoms with van der Waals surface area (Å²) in [6, 6.07) is 14.0. The number of hydrogen-bond acceptors (Lipinski definition) is 7. The Kier molecular flexibility index (Phi) is 5.26. The molecule has 1 unspecified atom stereocenters. The van der Waals surface area contributed by atoms with Gasteiger partial charge in [0.2, 0.25) is 5.91 Å². The van der Waals surface area contributed by atoms with Crippen LogP contribution < -0.4 is 15.0 Å². The summed E-state index contributed by atoms with van der Waals surface area (Å²) in [6.07, 6.45) is 1.86. The Hall–Kier alpha value is -2.71. The lowest BCUT2D eigenvalue weighted by Gasteiger charge is -2.31. The van der Waals surface area contributed by atoms with Crippen molar-refractivity contribution in [3.8, 4) is 5.75 Å². The molecule has 3 heterocycles. The van der Waals surface area contributed by atoms with Crippen LogP contribution in [0, 0.1) is 5.92 Å². The van der Waals surface area contributed by atoms with Gasteiger partial charge in [0.1, 0.15) is 5.75 Å². The molecule has 2 aromatic heterocycles. The zero-order valence-corrected chi connectivity index (χ0v) is 18.3. The van der Waals surface area contributed by atoms with Gasteiger partial charge >= 0.3 is 0 Å². The van der Waals surface area contributed by atoms with Crippen LogP contribution in [0.1, 0.15) is 19.8 Å². The third-order valence-corrected chi connectivity index (χ3v) is 7.28. The van der Waals surface area contributed by atoms with E-state index in [0.29, 0.717) is 18.3 Å². The van der Waals surface area contributed by atoms with Crippen molar-refractivity contribution in [2.75, 3.05) is 29.9 Å². The number of piperidine rings is 1. The highest BCUT2D eigenvalue weighted by atomic mass is 32.1. The standard InChI is InChI=1S/C22H22N4O2S2/c1-2-28-15-9-10-17-19(12-15)29-21(23-17)25-20(27)14-6-5-11-26(13-14)22-24-16-7-3-4-8-18(16)30-22/h3-4,7-10,12,14H,2,5-6,11,13H2,1H3,(H,23,25,27). The number of anilines is 2. The molecular formula is C22H22N4O2S2. The molecule has 0 radical (unpaired) electrons. The first-order valence-corrected chi connectivity index (χ1v) is 11.8. The highest BCUT2D eigenvalue weighted by molar-refractivity contribution is 7.22. The molecule has 1 fully saturated rings. The maximum absolute atomic E-state index is 12.9. The average molecular weight is 439 g/mol. The first-order valence-electron chi connectivity index (χ1n) is 10.1. The van der Waals surface area contributed by atoms with Crippen molar-refractivity contribution in [3.63, 3.8) is 0 Å². The normalized spacial score (nSPS) is 16.8. The van der Waals surface area contributed by atoms with E-state index in [-0.39, 0.29) is 11.8 Å². The Bertz CT molecular complexity index is 1170. The second-order valence-corrected chi connectivity index (χ2v) is 9.36. The Morgan fingerprint density at radius 1 is 1.17 bits per heavy atom. The quantitative estimate of drug-likeness (QED) is 0.466. The van der Waals surface area contributed by atoms with Crippen LogP contribution in [0.3, 0.4) is 0 Å². The molecule has 8 heteroatoms. The fourth-order valence-corrected chi connectivity index (χ4v) is 5.68. The third kappa shape index (κ3) is 3.85. The van der Waals surface area contributed by atoms with Gasteiger partial charge in [-0.15, -0.1) is 0 Å². The predicted molar refractivity (Wildman–Crippen MR) is 124 cm³/mol. The summed E-state index contributed by atoms with van der Waals surface area (Å²) < 4.78 is 7.75. The number of carbonyl (C=O) groups excluding carboxylic acids is 1. The van der Waals surface area contributed by atoms with Crippen molar-refractivity contribution in [1.29, 1.82) is 0 Å². The number of nitrogens with one attached hydrogen (secondary N) is 1. The first kappa shape index (κ1) is 19.3. The van der Waals surface area contributed by atoms with Crippen molar-refractivity contribution in [3.05, 3.63) is 42.5 Å². The molecule has 5 rings (SSSR count).